The van der Waals surface area contributed by atoms with E-state index in [1.54, 1.807) is 0 Å². The topological polar surface area (TPSA) is 15.7 Å². The molecule has 0 radical (unpaired) electrons. The highest BCUT2D eigenvalue weighted by atomic mass is 28.3. The summed E-state index contributed by atoms with van der Waals surface area (Å²) in [5, 5.41) is 2.06. The third-order valence-corrected chi connectivity index (χ3v) is 7.22. The Kier molecular flexibility index (Phi) is 7.88. The van der Waals surface area contributed by atoms with Crippen LogP contribution in [0.1, 0.15) is 27.7 Å². The molecule has 0 atom stereocenters. The summed E-state index contributed by atoms with van der Waals surface area (Å²) in [6.45, 7) is 13.1. The molecule has 0 fully saturated rings. The zero-order valence-electron chi connectivity index (χ0n) is 9.71. The number of hydrogen-bond donors (Lipinski definition) is 0. The lowest BCUT2D eigenvalue weighted by molar-refractivity contribution is -0.0534. The van der Waals surface area contributed by atoms with E-state index in [1.165, 1.54) is 0 Å². The summed E-state index contributed by atoms with van der Waals surface area (Å²) in [6.07, 6.45) is 0. The largest absolute Gasteiger partial charge is 0.332 e. The van der Waals surface area contributed by atoms with Crippen LogP contribution in [0.2, 0.25) is 6.55 Å². The van der Waals surface area contributed by atoms with Gasteiger partial charge < -0.3 is 8.76 Å². The van der Waals surface area contributed by atoms with Gasteiger partial charge in [0.05, 0.1) is 9.68 Å². The molecular formula is C8H24N2OSi2. The van der Waals surface area contributed by atoms with Crippen LogP contribution in [0.3, 0.4) is 0 Å². The first-order chi connectivity index (χ1) is 6.15. The van der Waals surface area contributed by atoms with Crippen LogP contribution in [-0.2, 0) is 4.53 Å². The Morgan fingerprint density at radius 1 is 1.23 bits per heavy atom. The van der Waals surface area contributed by atoms with Crippen LogP contribution in [0.5, 0.6) is 0 Å². The highest BCUT2D eigenvalue weighted by molar-refractivity contribution is 6.45. The van der Waals surface area contributed by atoms with Crippen molar-refractivity contribution in [2.75, 3.05) is 13.1 Å². The first kappa shape index (κ1) is 13.3. The summed E-state index contributed by atoms with van der Waals surface area (Å²) in [6, 6.07) is 0.680. The fourth-order valence-electron chi connectivity index (χ4n) is 1.17. The van der Waals surface area contributed by atoms with Crippen molar-refractivity contribution in [2.45, 2.75) is 40.3 Å². The minimum Gasteiger partial charge on any atom is -0.332 e. The second-order valence-electron chi connectivity index (χ2n) is 3.37. The van der Waals surface area contributed by atoms with Crippen LogP contribution in [0, 0.1) is 0 Å². The number of nitrogens with zero attached hydrogens (tertiary/aromatic N) is 2. The first-order valence-corrected chi connectivity index (χ1v) is 8.53. The predicted molar refractivity (Wildman–Crippen MR) is 63.9 cm³/mol. The Morgan fingerprint density at radius 3 is 2.08 bits per heavy atom. The molecule has 5 heteroatoms. The molecule has 0 spiro atoms. The number of rotatable bonds is 7. The van der Waals surface area contributed by atoms with E-state index < -0.39 is 9.92 Å². The van der Waals surface area contributed by atoms with Crippen LogP contribution < -0.4 is 0 Å². The van der Waals surface area contributed by atoms with Crippen LogP contribution >= 0.6 is 0 Å². The Morgan fingerprint density at radius 2 is 1.77 bits per heavy atom. The monoisotopic (exact) mass is 220 g/mol. The maximum Gasteiger partial charge on any atom is 0.258 e. The third kappa shape index (κ3) is 5.59. The Balaban J connectivity index is 3.69. The molecule has 0 aromatic heterocycles. The Bertz CT molecular complexity index is 121. The SMILES string of the molecule is CCN(CC)O[SiH2]N([SiH2]C)C(C)C. The van der Waals surface area contributed by atoms with Gasteiger partial charge in [-0.15, -0.1) is 0 Å². The highest BCUT2D eigenvalue weighted by Gasteiger charge is 2.09. The predicted octanol–water partition coefficient (Wildman–Crippen LogP) is 0.101. The normalized spacial score (nSPS) is 13.8. The maximum absolute atomic E-state index is 5.79. The van der Waals surface area contributed by atoms with Crippen molar-refractivity contribution in [3.8, 4) is 0 Å². The third-order valence-electron chi connectivity index (χ3n) is 2.25. The van der Waals surface area contributed by atoms with Crippen LogP contribution in [0.25, 0.3) is 0 Å². The maximum atomic E-state index is 5.79. The first-order valence-electron chi connectivity index (χ1n) is 5.27. The smallest absolute Gasteiger partial charge is 0.258 e. The van der Waals surface area contributed by atoms with E-state index in [4.69, 9.17) is 4.53 Å². The molecule has 0 rings (SSSR count). The molecule has 3 nitrogen and oxygen atoms in total. The molecule has 0 aliphatic rings. The summed E-state index contributed by atoms with van der Waals surface area (Å²) in [5.74, 6) is 0. The lowest BCUT2D eigenvalue weighted by Gasteiger charge is -2.27. The molecule has 0 saturated heterocycles. The van der Waals surface area contributed by atoms with Crippen molar-refractivity contribution in [1.82, 2.24) is 9.29 Å². The molecule has 0 aromatic rings. The van der Waals surface area contributed by atoms with E-state index in [1.807, 2.05) is 0 Å². The Hall–Kier alpha value is 0.314. The van der Waals surface area contributed by atoms with Crippen LogP contribution in [0.15, 0.2) is 0 Å². The molecule has 0 aromatic carbocycles. The average Bonchev–Trinajstić information content (AvgIpc) is 2.12. The molecule has 0 bridgehead atoms. The van der Waals surface area contributed by atoms with Crippen molar-refractivity contribution in [3.63, 3.8) is 0 Å². The van der Waals surface area contributed by atoms with Crippen molar-refractivity contribution in [2.24, 2.45) is 0 Å². The van der Waals surface area contributed by atoms with Crippen molar-refractivity contribution in [3.05, 3.63) is 0 Å². The summed E-state index contributed by atoms with van der Waals surface area (Å²) >= 11 is 0. The van der Waals surface area contributed by atoms with Gasteiger partial charge in [-0.25, -0.2) is 5.06 Å². The molecule has 0 aliphatic carbocycles. The second kappa shape index (κ2) is 7.69. The van der Waals surface area contributed by atoms with Gasteiger partial charge in [0.25, 0.3) is 9.92 Å². The summed E-state index contributed by atoms with van der Waals surface area (Å²) in [4.78, 5) is 0. The van der Waals surface area contributed by atoms with Gasteiger partial charge in [0.15, 0.2) is 0 Å². The second-order valence-corrected chi connectivity index (χ2v) is 7.04. The van der Waals surface area contributed by atoms with Crippen LogP contribution in [-0.4, -0.2) is 48.0 Å². The summed E-state index contributed by atoms with van der Waals surface area (Å²) in [7, 11) is -0.505. The van der Waals surface area contributed by atoms with Gasteiger partial charge in [-0.3, -0.25) is 0 Å². The molecule has 80 valence electrons. The van der Waals surface area contributed by atoms with E-state index in [2.05, 4.69) is 43.5 Å². The number of hydroxylamine groups is 2. The van der Waals surface area contributed by atoms with Gasteiger partial charge in [-0.05, 0) is 6.04 Å². The van der Waals surface area contributed by atoms with E-state index >= 15 is 0 Å². The molecule has 0 heterocycles. The molecular weight excluding hydrogens is 196 g/mol. The van der Waals surface area contributed by atoms with E-state index in [0.29, 0.717) is 6.04 Å². The molecule has 0 unspecified atom stereocenters. The van der Waals surface area contributed by atoms with Crippen LogP contribution in [0.4, 0.5) is 0 Å². The van der Waals surface area contributed by atoms with E-state index in [-0.39, 0.29) is 9.68 Å². The molecule has 13 heavy (non-hydrogen) atoms. The van der Waals surface area contributed by atoms with E-state index in [0.717, 1.165) is 13.1 Å². The lowest BCUT2D eigenvalue weighted by Crippen LogP contribution is -2.41. The summed E-state index contributed by atoms with van der Waals surface area (Å²) < 4.78 is 8.36. The van der Waals surface area contributed by atoms with E-state index in [9.17, 15) is 0 Å². The molecule has 0 saturated carbocycles. The van der Waals surface area contributed by atoms with Gasteiger partial charge in [-0.1, -0.05) is 34.2 Å². The van der Waals surface area contributed by atoms with Crippen molar-refractivity contribution in [1.29, 1.82) is 0 Å². The average molecular weight is 220 g/mol. The van der Waals surface area contributed by atoms with Gasteiger partial charge in [0, 0.05) is 13.1 Å². The minimum atomic E-state index is -0.471. The molecule has 0 N–H and O–H groups in total. The van der Waals surface area contributed by atoms with Gasteiger partial charge in [-0.2, -0.15) is 0 Å². The quantitative estimate of drug-likeness (QED) is 0.447. The van der Waals surface area contributed by atoms with Gasteiger partial charge in [0.1, 0.15) is 0 Å². The standard InChI is InChI=1S/C8H24N2OSi2/c1-6-9(7-2)11-13-10(12-5)8(3)4/h8H,6-7,12-13H2,1-5H3. The molecule has 0 amide bonds. The Labute approximate surface area is 87.3 Å². The fraction of sp³-hybridized carbons (Fsp3) is 1.00. The fourth-order valence-corrected chi connectivity index (χ4v) is 3.85. The molecule has 0 aliphatic heterocycles. The van der Waals surface area contributed by atoms with Gasteiger partial charge >= 0.3 is 0 Å². The number of hydrogen-bond acceptors (Lipinski definition) is 3. The van der Waals surface area contributed by atoms with Crippen molar-refractivity contribution >= 4 is 19.6 Å². The zero-order chi connectivity index (χ0) is 10.3. The zero-order valence-corrected chi connectivity index (χ0v) is 12.5. The van der Waals surface area contributed by atoms with Crippen molar-refractivity contribution < 1.29 is 4.53 Å². The minimum absolute atomic E-state index is 0.0344. The lowest BCUT2D eigenvalue weighted by atomic mass is 10.4. The summed E-state index contributed by atoms with van der Waals surface area (Å²) in [5.41, 5.74) is 0. The highest BCUT2D eigenvalue weighted by Crippen LogP contribution is 1.96. The van der Waals surface area contributed by atoms with Gasteiger partial charge in [0.2, 0.25) is 0 Å².